The van der Waals surface area contributed by atoms with Gasteiger partial charge in [-0.1, -0.05) is 19.4 Å². The second-order valence-electron chi connectivity index (χ2n) is 4.34. The third-order valence-electron chi connectivity index (χ3n) is 2.83. The maximum atomic E-state index is 12.2. The number of nitrogens with one attached hydrogen (secondary N) is 1. The highest BCUT2D eigenvalue weighted by atomic mass is 16.5. The fourth-order valence-electron chi connectivity index (χ4n) is 1.97. The fourth-order valence-corrected chi connectivity index (χ4v) is 1.97. The number of hydrogen-bond donors (Lipinski definition) is 2. The Morgan fingerprint density at radius 1 is 1.42 bits per heavy atom. The summed E-state index contributed by atoms with van der Waals surface area (Å²) in [5.41, 5.74) is 6.69. The van der Waals surface area contributed by atoms with Crippen molar-refractivity contribution in [3.63, 3.8) is 0 Å². The Kier molecular flexibility index (Phi) is 6.15. The molecule has 1 rings (SSSR count). The van der Waals surface area contributed by atoms with Crippen molar-refractivity contribution in [1.29, 1.82) is 0 Å². The molecule has 1 amide bonds. The van der Waals surface area contributed by atoms with Gasteiger partial charge in [0, 0.05) is 7.11 Å². The Balaban J connectivity index is 2.84. The molecule has 0 aromatic heterocycles. The van der Waals surface area contributed by atoms with Crippen molar-refractivity contribution in [2.75, 3.05) is 26.6 Å². The van der Waals surface area contributed by atoms with E-state index in [1.807, 2.05) is 0 Å². The second kappa shape index (κ2) is 7.63. The SMILES string of the molecule is CCCC(COC)NC(=O)c1cccc(N)c1OC. The molecule has 0 aliphatic rings. The van der Waals surface area contributed by atoms with E-state index in [9.17, 15) is 4.79 Å². The van der Waals surface area contributed by atoms with Gasteiger partial charge in [0.2, 0.25) is 0 Å². The maximum Gasteiger partial charge on any atom is 0.255 e. The lowest BCUT2D eigenvalue weighted by atomic mass is 10.1. The highest BCUT2D eigenvalue weighted by Crippen LogP contribution is 2.25. The smallest absolute Gasteiger partial charge is 0.255 e. The summed E-state index contributed by atoms with van der Waals surface area (Å²) in [4.78, 5) is 12.2. The van der Waals surface area contributed by atoms with Crippen molar-refractivity contribution in [3.05, 3.63) is 23.8 Å². The zero-order valence-corrected chi connectivity index (χ0v) is 11.7. The number of benzene rings is 1. The minimum atomic E-state index is -0.195. The van der Waals surface area contributed by atoms with Gasteiger partial charge in [0.25, 0.3) is 5.91 Å². The summed E-state index contributed by atoms with van der Waals surface area (Å²) in [7, 11) is 3.12. The van der Waals surface area contributed by atoms with E-state index in [-0.39, 0.29) is 11.9 Å². The summed E-state index contributed by atoms with van der Waals surface area (Å²) < 4.78 is 10.3. The summed E-state index contributed by atoms with van der Waals surface area (Å²) in [6.07, 6.45) is 1.84. The molecular weight excluding hydrogens is 244 g/mol. The normalized spacial score (nSPS) is 11.9. The van der Waals surface area contributed by atoms with E-state index in [4.69, 9.17) is 15.2 Å². The van der Waals surface area contributed by atoms with Gasteiger partial charge in [-0.05, 0) is 18.6 Å². The first kappa shape index (κ1) is 15.3. The van der Waals surface area contributed by atoms with E-state index < -0.39 is 0 Å². The lowest BCUT2D eigenvalue weighted by Crippen LogP contribution is -2.38. The molecule has 3 N–H and O–H groups in total. The number of nitrogen functional groups attached to an aromatic ring is 1. The minimum absolute atomic E-state index is 0.00589. The molecule has 19 heavy (non-hydrogen) atoms. The number of carbonyl (C=O) groups is 1. The summed E-state index contributed by atoms with van der Waals surface area (Å²) >= 11 is 0. The van der Waals surface area contributed by atoms with Gasteiger partial charge in [-0.25, -0.2) is 0 Å². The number of anilines is 1. The average Bonchev–Trinajstić information content (AvgIpc) is 2.39. The first-order valence-electron chi connectivity index (χ1n) is 6.36. The highest BCUT2D eigenvalue weighted by Gasteiger charge is 2.17. The first-order chi connectivity index (χ1) is 9.13. The van der Waals surface area contributed by atoms with Crippen LogP contribution < -0.4 is 15.8 Å². The van der Waals surface area contributed by atoms with Gasteiger partial charge < -0.3 is 20.5 Å². The van der Waals surface area contributed by atoms with Gasteiger partial charge in [0.05, 0.1) is 31.0 Å². The third kappa shape index (κ3) is 4.13. The number of amides is 1. The van der Waals surface area contributed by atoms with Crippen LogP contribution in [0.3, 0.4) is 0 Å². The number of carbonyl (C=O) groups excluding carboxylic acids is 1. The minimum Gasteiger partial charge on any atom is -0.494 e. The van der Waals surface area contributed by atoms with Crippen molar-refractivity contribution in [1.82, 2.24) is 5.32 Å². The van der Waals surface area contributed by atoms with Crippen LogP contribution >= 0.6 is 0 Å². The molecule has 0 saturated heterocycles. The average molecular weight is 266 g/mol. The Morgan fingerprint density at radius 2 is 2.16 bits per heavy atom. The lowest BCUT2D eigenvalue weighted by Gasteiger charge is -2.18. The van der Waals surface area contributed by atoms with Crippen molar-refractivity contribution >= 4 is 11.6 Å². The molecule has 1 aromatic rings. The predicted molar refractivity (Wildman–Crippen MR) is 75.4 cm³/mol. The summed E-state index contributed by atoms with van der Waals surface area (Å²) in [5, 5.41) is 2.94. The Bertz CT molecular complexity index is 415. The topological polar surface area (TPSA) is 73.6 Å². The number of rotatable bonds is 7. The molecule has 0 spiro atoms. The van der Waals surface area contributed by atoms with E-state index in [0.29, 0.717) is 23.6 Å². The van der Waals surface area contributed by atoms with E-state index in [1.54, 1.807) is 25.3 Å². The van der Waals surface area contributed by atoms with Gasteiger partial charge in [-0.3, -0.25) is 4.79 Å². The van der Waals surface area contributed by atoms with Gasteiger partial charge in [-0.2, -0.15) is 0 Å². The zero-order chi connectivity index (χ0) is 14.3. The molecule has 0 radical (unpaired) electrons. The zero-order valence-electron chi connectivity index (χ0n) is 11.7. The molecule has 1 unspecified atom stereocenters. The molecule has 0 heterocycles. The Hall–Kier alpha value is -1.75. The van der Waals surface area contributed by atoms with Crippen LogP contribution in [-0.2, 0) is 4.74 Å². The summed E-state index contributed by atoms with van der Waals surface area (Å²) in [6, 6.07) is 5.13. The highest BCUT2D eigenvalue weighted by molar-refractivity contribution is 5.98. The number of methoxy groups -OCH3 is 2. The monoisotopic (exact) mass is 266 g/mol. The summed E-state index contributed by atoms with van der Waals surface area (Å²) in [5.74, 6) is 0.215. The number of nitrogens with two attached hydrogens (primary N) is 1. The van der Waals surface area contributed by atoms with Gasteiger partial charge in [-0.15, -0.1) is 0 Å². The van der Waals surface area contributed by atoms with Crippen molar-refractivity contribution < 1.29 is 14.3 Å². The van der Waals surface area contributed by atoms with Crippen LogP contribution in [0.5, 0.6) is 5.75 Å². The molecule has 1 atom stereocenters. The van der Waals surface area contributed by atoms with Crippen LogP contribution in [0.4, 0.5) is 5.69 Å². The Labute approximate surface area is 114 Å². The largest absolute Gasteiger partial charge is 0.494 e. The standard InChI is InChI=1S/C14H22N2O3/c1-4-6-10(9-18-2)16-14(17)11-7-5-8-12(15)13(11)19-3/h5,7-8,10H,4,6,9,15H2,1-3H3,(H,16,17). The van der Waals surface area contributed by atoms with Crippen LogP contribution in [0.25, 0.3) is 0 Å². The molecule has 0 aliphatic heterocycles. The molecule has 5 heteroatoms. The molecule has 0 fully saturated rings. The fraction of sp³-hybridized carbons (Fsp3) is 0.500. The van der Waals surface area contributed by atoms with Crippen molar-refractivity contribution in [2.24, 2.45) is 0 Å². The Morgan fingerprint density at radius 3 is 2.74 bits per heavy atom. The second-order valence-corrected chi connectivity index (χ2v) is 4.34. The molecule has 106 valence electrons. The molecular formula is C14H22N2O3. The van der Waals surface area contributed by atoms with Gasteiger partial charge >= 0.3 is 0 Å². The molecule has 5 nitrogen and oxygen atoms in total. The van der Waals surface area contributed by atoms with Crippen LogP contribution in [0.15, 0.2) is 18.2 Å². The quantitative estimate of drug-likeness (QED) is 0.738. The molecule has 0 aliphatic carbocycles. The number of para-hydroxylation sites is 1. The van der Waals surface area contributed by atoms with E-state index >= 15 is 0 Å². The van der Waals surface area contributed by atoms with Crippen molar-refractivity contribution in [3.8, 4) is 5.75 Å². The van der Waals surface area contributed by atoms with E-state index in [1.165, 1.54) is 7.11 Å². The van der Waals surface area contributed by atoms with Crippen LogP contribution in [-0.4, -0.2) is 32.8 Å². The molecule has 0 bridgehead atoms. The van der Waals surface area contributed by atoms with Gasteiger partial charge in [0.1, 0.15) is 0 Å². The lowest BCUT2D eigenvalue weighted by molar-refractivity contribution is 0.0888. The van der Waals surface area contributed by atoms with Gasteiger partial charge in [0.15, 0.2) is 5.75 Å². The van der Waals surface area contributed by atoms with Crippen molar-refractivity contribution in [2.45, 2.75) is 25.8 Å². The molecule has 0 saturated carbocycles. The van der Waals surface area contributed by atoms with Crippen LogP contribution in [0, 0.1) is 0 Å². The molecule has 1 aromatic carbocycles. The maximum absolute atomic E-state index is 12.2. The predicted octanol–water partition coefficient (Wildman–Crippen LogP) is 1.82. The first-order valence-corrected chi connectivity index (χ1v) is 6.36. The van der Waals surface area contributed by atoms with Crippen LogP contribution in [0.2, 0.25) is 0 Å². The third-order valence-corrected chi connectivity index (χ3v) is 2.83. The number of hydrogen-bond acceptors (Lipinski definition) is 4. The van der Waals surface area contributed by atoms with Crippen LogP contribution in [0.1, 0.15) is 30.1 Å². The summed E-state index contributed by atoms with van der Waals surface area (Å²) in [6.45, 7) is 2.56. The van der Waals surface area contributed by atoms with E-state index in [0.717, 1.165) is 12.8 Å². The number of ether oxygens (including phenoxy) is 2. The van der Waals surface area contributed by atoms with E-state index in [2.05, 4.69) is 12.2 Å².